The average Bonchev–Trinajstić information content (AvgIpc) is 2.10. The predicted molar refractivity (Wildman–Crippen MR) is 47.4 cm³/mol. The lowest BCUT2D eigenvalue weighted by Gasteiger charge is -2.26. The molecule has 1 fully saturated rings. The maximum Gasteiger partial charge on any atom is 0.336 e. The van der Waals surface area contributed by atoms with Crippen LogP contribution in [0.15, 0.2) is 0 Å². The first-order valence-corrected chi connectivity index (χ1v) is 4.39. The van der Waals surface area contributed by atoms with E-state index in [4.69, 9.17) is 5.11 Å². The van der Waals surface area contributed by atoms with Crippen molar-refractivity contribution in [3.63, 3.8) is 0 Å². The van der Waals surface area contributed by atoms with Gasteiger partial charge in [0.1, 0.15) is 0 Å². The maximum absolute atomic E-state index is 11.2. The van der Waals surface area contributed by atoms with Crippen LogP contribution in [0.3, 0.4) is 0 Å². The first-order valence-electron chi connectivity index (χ1n) is 4.39. The number of methoxy groups -OCH3 is 1. The van der Waals surface area contributed by atoms with E-state index in [9.17, 15) is 9.59 Å². The summed E-state index contributed by atoms with van der Waals surface area (Å²) in [6, 6.07) is 0. The highest BCUT2D eigenvalue weighted by Gasteiger charge is 2.25. The molecule has 80 valence electrons. The highest BCUT2D eigenvalue weighted by molar-refractivity contribution is 5.81. The van der Waals surface area contributed by atoms with Gasteiger partial charge in [0.15, 0.2) is 6.10 Å². The highest BCUT2D eigenvalue weighted by atomic mass is 16.5. The summed E-state index contributed by atoms with van der Waals surface area (Å²) in [5.41, 5.74) is 0. The summed E-state index contributed by atoms with van der Waals surface area (Å²) in [5.74, 6) is -0.927. The molecule has 1 atom stereocenters. The summed E-state index contributed by atoms with van der Waals surface area (Å²) in [7, 11) is 1.18. The molecule has 3 N–H and O–H groups in total. The molecule has 0 radical (unpaired) electrons. The molecule has 1 amide bonds. The van der Waals surface area contributed by atoms with E-state index in [1.165, 1.54) is 7.11 Å². The van der Waals surface area contributed by atoms with E-state index in [0.29, 0.717) is 13.1 Å². The molecule has 1 heterocycles. The summed E-state index contributed by atoms with van der Waals surface area (Å²) in [5, 5.41) is 14.6. The van der Waals surface area contributed by atoms with Crippen molar-refractivity contribution in [2.24, 2.45) is 5.92 Å². The molecule has 0 aromatic heterocycles. The third kappa shape index (κ3) is 2.68. The zero-order valence-electron chi connectivity index (χ0n) is 7.95. The van der Waals surface area contributed by atoms with Crippen molar-refractivity contribution in [2.75, 3.05) is 26.7 Å². The third-order valence-electron chi connectivity index (χ3n) is 2.10. The number of ether oxygens (including phenoxy) is 1. The Morgan fingerprint density at radius 2 is 2.29 bits per heavy atom. The average molecular weight is 202 g/mol. The Labute approximate surface area is 81.6 Å². The van der Waals surface area contributed by atoms with Crippen molar-refractivity contribution < 1.29 is 19.4 Å². The van der Waals surface area contributed by atoms with E-state index in [-0.39, 0.29) is 18.4 Å². The SMILES string of the molecule is COC(=O)C(O)CNC(=O)C1CNC1. The van der Waals surface area contributed by atoms with Gasteiger partial charge >= 0.3 is 5.97 Å². The number of carbonyl (C=O) groups is 2. The van der Waals surface area contributed by atoms with Gasteiger partial charge in [0.25, 0.3) is 0 Å². The Kier molecular flexibility index (Phi) is 3.84. The summed E-state index contributed by atoms with van der Waals surface area (Å²) in [6.07, 6.45) is -1.28. The number of nitrogens with one attached hydrogen (secondary N) is 2. The van der Waals surface area contributed by atoms with Crippen LogP contribution in [0.5, 0.6) is 0 Å². The van der Waals surface area contributed by atoms with Crippen LogP contribution < -0.4 is 10.6 Å². The maximum atomic E-state index is 11.2. The van der Waals surface area contributed by atoms with Crippen LogP contribution in [-0.4, -0.2) is 49.8 Å². The number of hydrogen-bond donors (Lipinski definition) is 3. The van der Waals surface area contributed by atoms with E-state index in [1.54, 1.807) is 0 Å². The molecule has 1 aliphatic rings. The van der Waals surface area contributed by atoms with Crippen LogP contribution >= 0.6 is 0 Å². The fraction of sp³-hybridized carbons (Fsp3) is 0.750. The predicted octanol–water partition coefficient (Wildman–Crippen LogP) is -2.14. The van der Waals surface area contributed by atoms with Gasteiger partial charge in [-0.25, -0.2) is 4.79 Å². The zero-order chi connectivity index (χ0) is 10.6. The molecular weight excluding hydrogens is 188 g/mol. The summed E-state index contributed by atoms with van der Waals surface area (Å²) >= 11 is 0. The Morgan fingerprint density at radius 1 is 1.64 bits per heavy atom. The lowest BCUT2D eigenvalue weighted by molar-refractivity contribution is -0.150. The molecule has 14 heavy (non-hydrogen) atoms. The van der Waals surface area contributed by atoms with E-state index < -0.39 is 12.1 Å². The van der Waals surface area contributed by atoms with Crippen molar-refractivity contribution in [1.82, 2.24) is 10.6 Å². The molecule has 1 unspecified atom stereocenters. The molecule has 6 heteroatoms. The van der Waals surface area contributed by atoms with E-state index in [1.807, 2.05) is 0 Å². The lowest BCUT2D eigenvalue weighted by Crippen LogP contribution is -2.52. The van der Waals surface area contributed by atoms with Crippen LogP contribution in [0.25, 0.3) is 0 Å². The van der Waals surface area contributed by atoms with Gasteiger partial charge in [0.05, 0.1) is 19.6 Å². The Morgan fingerprint density at radius 3 is 2.71 bits per heavy atom. The topological polar surface area (TPSA) is 87.7 Å². The minimum absolute atomic E-state index is 0.0418. The smallest absolute Gasteiger partial charge is 0.336 e. The Balaban J connectivity index is 2.18. The Hall–Kier alpha value is -1.14. The van der Waals surface area contributed by atoms with Crippen molar-refractivity contribution in [3.8, 4) is 0 Å². The second kappa shape index (κ2) is 4.92. The summed E-state index contributed by atoms with van der Waals surface area (Å²) < 4.78 is 4.29. The van der Waals surface area contributed by atoms with Crippen LogP contribution in [-0.2, 0) is 14.3 Å². The molecule has 0 saturated carbocycles. The number of aliphatic hydroxyl groups excluding tert-OH is 1. The van der Waals surface area contributed by atoms with Gasteiger partial charge < -0.3 is 20.5 Å². The second-order valence-corrected chi connectivity index (χ2v) is 3.14. The number of amides is 1. The normalized spacial score (nSPS) is 18.1. The number of rotatable bonds is 4. The van der Waals surface area contributed by atoms with Crippen LogP contribution in [0, 0.1) is 5.92 Å². The van der Waals surface area contributed by atoms with Gasteiger partial charge in [-0.15, -0.1) is 0 Å². The highest BCUT2D eigenvalue weighted by Crippen LogP contribution is 2.01. The largest absolute Gasteiger partial charge is 0.467 e. The second-order valence-electron chi connectivity index (χ2n) is 3.14. The van der Waals surface area contributed by atoms with Crippen LogP contribution in [0.2, 0.25) is 0 Å². The van der Waals surface area contributed by atoms with Crippen LogP contribution in [0.1, 0.15) is 0 Å². The minimum Gasteiger partial charge on any atom is -0.467 e. The molecule has 0 aromatic carbocycles. The number of aliphatic hydroxyl groups is 1. The van der Waals surface area contributed by atoms with Crippen molar-refractivity contribution >= 4 is 11.9 Å². The van der Waals surface area contributed by atoms with E-state index >= 15 is 0 Å². The van der Waals surface area contributed by atoms with Gasteiger partial charge in [0.2, 0.25) is 5.91 Å². The van der Waals surface area contributed by atoms with Gasteiger partial charge in [-0.3, -0.25) is 4.79 Å². The molecular formula is C8H14N2O4. The Bertz CT molecular complexity index is 227. The van der Waals surface area contributed by atoms with Crippen LogP contribution in [0.4, 0.5) is 0 Å². The van der Waals surface area contributed by atoms with Gasteiger partial charge in [0, 0.05) is 13.1 Å². The quantitative estimate of drug-likeness (QED) is 0.453. The third-order valence-corrected chi connectivity index (χ3v) is 2.10. The fourth-order valence-electron chi connectivity index (χ4n) is 1.04. The standard InChI is InChI=1S/C8H14N2O4/c1-14-8(13)6(11)4-10-7(12)5-2-9-3-5/h5-6,9,11H,2-4H2,1H3,(H,10,12). The number of esters is 1. The van der Waals surface area contributed by atoms with Gasteiger partial charge in [-0.05, 0) is 0 Å². The molecule has 0 aliphatic carbocycles. The monoisotopic (exact) mass is 202 g/mol. The summed E-state index contributed by atoms with van der Waals surface area (Å²) in [6.45, 7) is 1.21. The minimum atomic E-state index is -1.28. The first-order chi connectivity index (χ1) is 6.65. The zero-order valence-corrected chi connectivity index (χ0v) is 7.95. The van der Waals surface area contributed by atoms with Crippen molar-refractivity contribution in [2.45, 2.75) is 6.10 Å². The molecule has 0 aromatic rings. The van der Waals surface area contributed by atoms with E-state index in [2.05, 4.69) is 15.4 Å². The van der Waals surface area contributed by atoms with E-state index in [0.717, 1.165) is 0 Å². The molecule has 0 bridgehead atoms. The fourth-order valence-corrected chi connectivity index (χ4v) is 1.04. The number of carbonyl (C=O) groups excluding carboxylic acids is 2. The molecule has 0 spiro atoms. The summed E-state index contributed by atoms with van der Waals surface area (Å²) in [4.78, 5) is 22.0. The number of hydrogen-bond acceptors (Lipinski definition) is 5. The lowest BCUT2D eigenvalue weighted by atomic mass is 10.0. The first kappa shape index (κ1) is 10.9. The molecule has 6 nitrogen and oxygen atoms in total. The van der Waals surface area contributed by atoms with Gasteiger partial charge in [-0.2, -0.15) is 0 Å². The molecule has 1 rings (SSSR count). The van der Waals surface area contributed by atoms with Crippen molar-refractivity contribution in [1.29, 1.82) is 0 Å². The molecule has 1 aliphatic heterocycles. The molecule has 1 saturated heterocycles. The van der Waals surface area contributed by atoms with Gasteiger partial charge in [-0.1, -0.05) is 0 Å². The van der Waals surface area contributed by atoms with Crippen molar-refractivity contribution in [3.05, 3.63) is 0 Å².